The zero-order chi connectivity index (χ0) is 20.8. The average Bonchev–Trinajstić information content (AvgIpc) is 3.21. The van der Waals surface area contributed by atoms with Gasteiger partial charge in [0, 0.05) is 44.5 Å². The Bertz CT molecular complexity index is 873. The first-order valence-electron chi connectivity index (χ1n) is 9.40. The molecule has 0 radical (unpaired) electrons. The number of nitrogens with zero attached hydrogens (tertiary/aromatic N) is 2. The summed E-state index contributed by atoms with van der Waals surface area (Å²) in [5, 5.41) is 0. The van der Waals surface area contributed by atoms with E-state index in [1.807, 2.05) is 10.8 Å². The van der Waals surface area contributed by atoms with Gasteiger partial charge in [-0.2, -0.15) is 0 Å². The Kier molecular flexibility index (Phi) is 6.71. The summed E-state index contributed by atoms with van der Waals surface area (Å²) in [5.41, 5.74) is 7.50. The molecule has 29 heavy (non-hydrogen) atoms. The number of nitrogens with two attached hydrogens (primary N) is 1. The fourth-order valence-electron chi connectivity index (χ4n) is 3.30. The molecule has 0 atom stereocenters. The van der Waals surface area contributed by atoms with E-state index in [0.29, 0.717) is 30.3 Å². The highest BCUT2D eigenvalue weighted by Gasteiger charge is 2.23. The van der Waals surface area contributed by atoms with Gasteiger partial charge >= 0.3 is 11.9 Å². The Morgan fingerprint density at radius 3 is 2.72 bits per heavy atom. The van der Waals surface area contributed by atoms with Gasteiger partial charge in [-0.15, -0.1) is 0 Å². The first-order valence-corrected chi connectivity index (χ1v) is 9.40. The number of aromatic nitrogens is 2. The molecule has 2 aromatic rings. The fourth-order valence-corrected chi connectivity index (χ4v) is 3.30. The van der Waals surface area contributed by atoms with Crippen LogP contribution >= 0.6 is 0 Å². The minimum absolute atomic E-state index is 0.0635. The molecule has 0 bridgehead atoms. The molecule has 1 aromatic heterocycles. The number of ether oxygens (including phenoxy) is 4. The molecule has 2 N–H and O–H groups in total. The van der Waals surface area contributed by atoms with E-state index in [0.717, 1.165) is 18.7 Å². The largest absolute Gasteiger partial charge is 0.489 e. The third-order valence-electron chi connectivity index (χ3n) is 4.70. The maximum atomic E-state index is 12.2. The van der Waals surface area contributed by atoms with Gasteiger partial charge in [0.05, 0.1) is 18.5 Å². The van der Waals surface area contributed by atoms with Crippen LogP contribution in [-0.2, 0) is 19.0 Å². The second-order valence-corrected chi connectivity index (χ2v) is 6.63. The molecule has 1 aliphatic heterocycles. The smallest absolute Gasteiger partial charge is 0.341 e. The van der Waals surface area contributed by atoms with E-state index < -0.39 is 11.9 Å². The summed E-state index contributed by atoms with van der Waals surface area (Å²) in [6.45, 7) is 2.85. The van der Waals surface area contributed by atoms with Crippen LogP contribution in [0.15, 0.2) is 24.5 Å². The van der Waals surface area contributed by atoms with Gasteiger partial charge in [0.2, 0.25) is 0 Å². The second kappa shape index (κ2) is 9.42. The molecule has 0 unspecified atom stereocenters. The molecule has 9 nitrogen and oxygen atoms in total. The van der Waals surface area contributed by atoms with Gasteiger partial charge in [0.25, 0.3) is 0 Å². The molecule has 1 aliphatic rings. The topological polar surface area (TPSA) is 115 Å². The van der Waals surface area contributed by atoms with Crippen molar-refractivity contribution in [3.8, 4) is 11.4 Å². The number of hydrogen-bond donors (Lipinski definition) is 1. The average molecular weight is 403 g/mol. The number of esters is 2. The van der Waals surface area contributed by atoms with Crippen LogP contribution in [-0.4, -0.2) is 55.0 Å². The monoisotopic (exact) mass is 403 g/mol. The summed E-state index contributed by atoms with van der Waals surface area (Å²) in [6.07, 6.45) is 5.31. The minimum Gasteiger partial charge on any atom is -0.489 e. The van der Waals surface area contributed by atoms with Crippen LogP contribution in [0.25, 0.3) is 5.69 Å². The predicted molar refractivity (Wildman–Crippen MR) is 104 cm³/mol. The summed E-state index contributed by atoms with van der Waals surface area (Å²) in [4.78, 5) is 27.6. The number of hydrogen-bond acceptors (Lipinski definition) is 8. The molecule has 3 rings (SSSR count). The third kappa shape index (κ3) is 4.86. The molecule has 2 heterocycles. The number of rotatable bonds is 7. The Balaban J connectivity index is 1.93. The molecule has 0 saturated carbocycles. The molecule has 1 aromatic carbocycles. The van der Waals surface area contributed by atoms with Crippen LogP contribution in [0.3, 0.4) is 0 Å². The van der Waals surface area contributed by atoms with Crippen molar-refractivity contribution in [2.24, 2.45) is 0 Å². The minimum atomic E-state index is -0.568. The molecular formula is C20H25N3O6. The van der Waals surface area contributed by atoms with E-state index in [1.165, 1.54) is 20.1 Å². The molecular weight excluding hydrogens is 378 g/mol. The Hall–Kier alpha value is -3.07. The molecule has 0 aliphatic carbocycles. The van der Waals surface area contributed by atoms with E-state index in [9.17, 15) is 9.59 Å². The Morgan fingerprint density at radius 1 is 1.28 bits per heavy atom. The second-order valence-electron chi connectivity index (χ2n) is 6.63. The van der Waals surface area contributed by atoms with Crippen molar-refractivity contribution in [3.05, 3.63) is 35.9 Å². The fraction of sp³-hybridized carbons (Fsp3) is 0.450. The number of nitrogen functional groups attached to an aromatic ring is 1. The summed E-state index contributed by atoms with van der Waals surface area (Å²) in [7, 11) is 1.29. The SMILES string of the molecule is COC(=O)c1cc(N)c(-n2ccnc2C2CCOCC2)cc1OCCOC(C)=O. The van der Waals surface area contributed by atoms with E-state index in [-0.39, 0.29) is 24.7 Å². The maximum Gasteiger partial charge on any atom is 0.341 e. The van der Waals surface area contributed by atoms with Gasteiger partial charge in [-0.3, -0.25) is 4.79 Å². The van der Waals surface area contributed by atoms with Crippen LogP contribution < -0.4 is 10.5 Å². The Morgan fingerprint density at radius 2 is 2.03 bits per heavy atom. The van der Waals surface area contributed by atoms with Crippen molar-refractivity contribution >= 4 is 17.6 Å². The van der Waals surface area contributed by atoms with Crippen molar-refractivity contribution in [1.82, 2.24) is 9.55 Å². The van der Waals surface area contributed by atoms with Crippen molar-refractivity contribution in [2.75, 3.05) is 39.3 Å². The van der Waals surface area contributed by atoms with Gasteiger partial charge in [-0.05, 0) is 18.9 Å². The summed E-state index contributed by atoms with van der Waals surface area (Å²) < 4.78 is 22.8. The first-order chi connectivity index (χ1) is 14.0. The van der Waals surface area contributed by atoms with Crippen LogP contribution in [0.5, 0.6) is 5.75 Å². The van der Waals surface area contributed by atoms with Gasteiger partial charge in [0.15, 0.2) is 0 Å². The molecule has 9 heteroatoms. The van der Waals surface area contributed by atoms with Gasteiger partial charge in [0.1, 0.15) is 30.4 Å². The van der Waals surface area contributed by atoms with Gasteiger partial charge in [-0.25, -0.2) is 9.78 Å². The zero-order valence-electron chi connectivity index (χ0n) is 16.6. The van der Waals surface area contributed by atoms with Gasteiger partial charge in [-0.1, -0.05) is 0 Å². The summed E-state index contributed by atoms with van der Waals surface area (Å²) in [5.74, 6) is 0.462. The standard InChI is InChI=1S/C20H25N3O6/c1-13(24)28-9-10-29-18-12-17(16(21)11-15(18)20(25)26-2)23-6-5-22-19(23)14-3-7-27-8-4-14/h5-6,11-12,14H,3-4,7-10,21H2,1-2H3. The molecule has 1 fully saturated rings. The molecule has 0 amide bonds. The first kappa shape index (κ1) is 20.7. The number of imidazole rings is 1. The van der Waals surface area contributed by atoms with Crippen LogP contribution in [0.4, 0.5) is 5.69 Å². The van der Waals surface area contributed by atoms with Crippen LogP contribution in [0.2, 0.25) is 0 Å². The highest BCUT2D eigenvalue weighted by molar-refractivity contribution is 5.94. The lowest BCUT2D eigenvalue weighted by molar-refractivity contribution is -0.141. The quantitative estimate of drug-likeness (QED) is 0.424. The van der Waals surface area contributed by atoms with E-state index in [2.05, 4.69) is 4.98 Å². The predicted octanol–water partition coefficient (Wildman–Crippen LogP) is 2.08. The lowest BCUT2D eigenvalue weighted by Crippen LogP contribution is -2.18. The third-order valence-corrected chi connectivity index (χ3v) is 4.70. The van der Waals surface area contributed by atoms with Crippen LogP contribution in [0, 0.1) is 0 Å². The number of anilines is 1. The number of methoxy groups -OCH3 is 1. The van der Waals surface area contributed by atoms with E-state index >= 15 is 0 Å². The van der Waals surface area contributed by atoms with Crippen molar-refractivity contribution in [2.45, 2.75) is 25.7 Å². The normalized spacial score (nSPS) is 14.4. The number of benzene rings is 1. The molecule has 156 valence electrons. The van der Waals surface area contributed by atoms with E-state index in [1.54, 1.807) is 12.3 Å². The Labute approximate surface area is 168 Å². The summed E-state index contributed by atoms with van der Waals surface area (Å²) in [6, 6.07) is 3.20. The van der Waals surface area contributed by atoms with Crippen LogP contribution in [0.1, 0.15) is 41.9 Å². The van der Waals surface area contributed by atoms with Crippen molar-refractivity contribution < 1.29 is 28.5 Å². The lowest BCUT2D eigenvalue weighted by atomic mass is 9.99. The molecule has 0 spiro atoms. The van der Waals surface area contributed by atoms with Crippen molar-refractivity contribution in [1.29, 1.82) is 0 Å². The number of carbonyl (C=O) groups excluding carboxylic acids is 2. The van der Waals surface area contributed by atoms with E-state index in [4.69, 9.17) is 24.7 Å². The van der Waals surface area contributed by atoms with Crippen molar-refractivity contribution in [3.63, 3.8) is 0 Å². The number of carbonyl (C=O) groups is 2. The highest BCUT2D eigenvalue weighted by atomic mass is 16.6. The summed E-state index contributed by atoms with van der Waals surface area (Å²) >= 11 is 0. The maximum absolute atomic E-state index is 12.2. The highest BCUT2D eigenvalue weighted by Crippen LogP contribution is 2.33. The lowest BCUT2D eigenvalue weighted by Gasteiger charge is -2.23. The molecule has 1 saturated heterocycles. The van der Waals surface area contributed by atoms with Gasteiger partial charge < -0.3 is 29.2 Å². The zero-order valence-corrected chi connectivity index (χ0v) is 16.6.